The second kappa shape index (κ2) is 8.52. The summed E-state index contributed by atoms with van der Waals surface area (Å²) < 4.78 is 5.53. The minimum Gasteiger partial charge on any atom is -0.381 e. The van der Waals surface area contributed by atoms with Crippen molar-refractivity contribution in [2.24, 2.45) is 17.3 Å². The summed E-state index contributed by atoms with van der Waals surface area (Å²) in [5.41, 5.74) is 1.45. The van der Waals surface area contributed by atoms with Crippen LogP contribution in [0, 0.1) is 17.3 Å². The number of likely N-dealkylation sites (tertiary alicyclic amines) is 2. The van der Waals surface area contributed by atoms with Crippen LogP contribution in [0.4, 0.5) is 0 Å². The van der Waals surface area contributed by atoms with E-state index in [-0.39, 0.29) is 17.2 Å². The van der Waals surface area contributed by atoms with Crippen LogP contribution in [-0.4, -0.2) is 67.7 Å². The molecule has 3 aliphatic heterocycles. The molecule has 4 rings (SSSR count). The van der Waals surface area contributed by atoms with E-state index in [1.165, 1.54) is 5.56 Å². The zero-order chi connectivity index (χ0) is 19.6. The summed E-state index contributed by atoms with van der Waals surface area (Å²) in [6, 6.07) is 11.3. The standard InChI is InChI=1S/C23H35N3O2/c1-18(2)12-24-22(27)21-14-25(13-19-6-4-3-5-7-19)15-23(21)16-26(17-23)20-8-10-28-11-9-20/h3-7,18,20-21H,8-17H2,1-2H3,(H,24,27). The fourth-order valence-corrected chi connectivity index (χ4v) is 5.21. The van der Waals surface area contributed by atoms with Crippen LogP contribution in [0.3, 0.4) is 0 Å². The monoisotopic (exact) mass is 385 g/mol. The predicted molar refractivity (Wildman–Crippen MR) is 111 cm³/mol. The number of carbonyl (C=O) groups is 1. The number of hydrogen-bond acceptors (Lipinski definition) is 4. The van der Waals surface area contributed by atoms with Gasteiger partial charge in [-0.25, -0.2) is 0 Å². The Balaban J connectivity index is 1.43. The molecule has 3 fully saturated rings. The number of hydrogen-bond donors (Lipinski definition) is 1. The average molecular weight is 386 g/mol. The van der Waals surface area contributed by atoms with Gasteiger partial charge in [0.1, 0.15) is 0 Å². The maximum absolute atomic E-state index is 13.1. The molecule has 0 aliphatic carbocycles. The molecule has 1 aromatic carbocycles. The first kappa shape index (κ1) is 19.9. The highest BCUT2D eigenvalue weighted by Crippen LogP contribution is 2.46. The lowest BCUT2D eigenvalue weighted by Gasteiger charge is -2.54. The van der Waals surface area contributed by atoms with Gasteiger partial charge in [0, 0.05) is 63.9 Å². The molecule has 3 aliphatic rings. The van der Waals surface area contributed by atoms with E-state index in [9.17, 15) is 4.79 Å². The summed E-state index contributed by atoms with van der Waals surface area (Å²) >= 11 is 0. The Bertz CT molecular complexity index is 651. The average Bonchev–Trinajstić information content (AvgIpc) is 3.06. The third-order valence-corrected chi connectivity index (χ3v) is 6.71. The highest BCUT2D eigenvalue weighted by Gasteiger charge is 2.57. The molecular formula is C23H35N3O2. The van der Waals surface area contributed by atoms with Crippen molar-refractivity contribution < 1.29 is 9.53 Å². The second-order valence-corrected chi connectivity index (χ2v) is 9.46. The maximum Gasteiger partial charge on any atom is 0.225 e. The number of amides is 1. The topological polar surface area (TPSA) is 44.8 Å². The Morgan fingerprint density at radius 2 is 1.89 bits per heavy atom. The van der Waals surface area contributed by atoms with Crippen molar-refractivity contribution in [1.82, 2.24) is 15.1 Å². The van der Waals surface area contributed by atoms with Gasteiger partial charge in [-0.2, -0.15) is 0 Å². The van der Waals surface area contributed by atoms with Crippen molar-refractivity contribution in [3.63, 3.8) is 0 Å². The van der Waals surface area contributed by atoms with Crippen LogP contribution in [0.5, 0.6) is 0 Å². The third kappa shape index (κ3) is 4.27. The van der Waals surface area contributed by atoms with Gasteiger partial charge in [0.25, 0.3) is 0 Å². The molecule has 28 heavy (non-hydrogen) atoms. The van der Waals surface area contributed by atoms with Gasteiger partial charge in [0.2, 0.25) is 5.91 Å². The zero-order valence-corrected chi connectivity index (χ0v) is 17.4. The molecule has 5 heteroatoms. The van der Waals surface area contributed by atoms with Crippen molar-refractivity contribution in [2.45, 2.75) is 39.3 Å². The van der Waals surface area contributed by atoms with Crippen molar-refractivity contribution in [1.29, 1.82) is 0 Å². The molecule has 1 amide bonds. The molecule has 0 aromatic heterocycles. The second-order valence-electron chi connectivity index (χ2n) is 9.46. The van der Waals surface area contributed by atoms with E-state index in [1.807, 2.05) is 0 Å². The summed E-state index contributed by atoms with van der Waals surface area (Å²) in [5, 5.41) is 3.22. The number of rotatable bonds is 6. The summed E-state index contributed by atoms with van der Waals surface area (Å²) in [6.45, 7) is 11.8. The van der Waals surface area contributed by atoms with Gasteiger partial charge in [0.05, 0.1) is 5.92 Å². The Morgan fingerprint density at radius 1 is 1.18 bits per heavy atom. The number of nitrogens with one attached hydrogen (secondary N) is 1. The van der Waals surface area contributed by atoms with E-state index in [2.05, 4.69) is 59.3 Å². The molecule has 0 saturated carbocycles. The van der Waals surface area contributed by atoms with Gasteiger partial charge in [0.15, 0.2) is 0 Å². The molecule has 1 aromatic rings. The number of ether oxygens (including phenoxy) is 1. The molecule has 3 heterocycles. The van der Waals surface area contributed by atoms with Crippen LogP contribution in [0.2, 0.25) is 0 Å². The highest BCUT2D eigenvalue weighted by molar-refractivity contribution is 5.80. The smallest absolute Gasteiger partial charge is 0.225 e. The normalized spacial score (nSPS) is 25.9. The molecule has 3 saturated heterocycles. The molecule has 1 unspecified atom stereocenters. The summed E-state index contributed by atoms with van der Waals surface area (Å²) in [7, 11) is 0. The first-order chi connectivity index (χ1) is 13.6. The largest absolute Gasteiger partial charge is 0.381 e. The van der Waals surface area contributed by atoms with Gasteiger partial charge in [-0.05, 0) is 24.3 Å². The third-order valence-electron chi connectivity index (χ3n) is 6.71. The maximum atomic E-state index is 13.1. The first-order valence-electron chi connectivity index (χ1n) is 10.9. The Kier molecular flexibility index (Phi) is 6.04. The van der Waals surface area contributed by atoms with Gasteiger partial charge >= 0.3 is 0 Å². The highest BCUT2D eigenvalue weighted by atomic mass is 16.5. The Labute approximate surface area is 169 Å². The van der Waals surface area contributed by atoms with Crippen molar-refractivity contribution in [2.75, 3.05) is 45.9 Å². The van der Waals surface area contributed by atoms with Gasteiger partial charge in [-0.3, -0.25) is 14.6 Å². The number of carbonyl (C=O) groups excluding carboxylic acids is 1. The van der Waals surface area contributed by atoms with E-state index in [0.29, 0.717) is 12.0 Å². The predicted octanol–water partition coefficient (Wildman–Crippen LogP) is 2.37. The van der Waals surface area contributed by atoms with Crippen LogP contribution < -0.4 is 5.32 Å². The quantitative estimate of drug-likeness (QED) is 0.817. The van der Waals surface area contributed by atoms with Crippen molar-refractivity contribution >= 4 is 5.91 Å². The van der Waals surface area contributed by atoms with Crippen LogP contribution in [0.1, 0.15) is 32.3 Å². The number of nitrogens with zero attached hydrogens (tertiary/aromatic N) is 2. The minimum atomic E-state index is 0.103. The molecule has 0 radical (unpaired) electrons. The fraction of sp³-hybridized carbons (Fsp3) is 0.696. The fourth-order valence-electron chi connectivity index (χ4n) is 5.21. The van der Waals surface area contributed by atoms with E-state index in [1.54, 1.807) is 0 Å². The van der Waals surface area contributed by atoms with E-state index >= 15 is 0 Å². The van der Waals surface area contributed by atoms with E-state index < -0.39 is 0 Å². The van der Waals surface area contributed by atoms with Gasteiger partial charge < -0.3 is 10.1 Å². The van der Waals surface area contributed by atoms with Crippen molar-refractivity contribution in [3.8, 4) is 0 Å². The minimum absolute atomic E-state index is 0.103. The van der Waals surface area contributed by atoms with Gasteiger partial charge in [-0.15, -0.1) is 0 Å². The summed E-state index contributed by atoms with van der Waals surface area (Å²) in [4.78, 5) is 18.2. The summed E-state index contributed by atoms with van der Waals surface area (Å²) in [6.07, 6.45) is 2.27. The van der Waals surface area contributed by atoms with Gasteiger partial charge in [-0.1, -0.05) is 44.2 Å². The Morgan fingerprint density at radius 3 is 2.57 bits per heavy atom. The van der Waals surface area contributed by atoms with Crippen molar-refractivity contribution in [3.05, 3.63) is 35.9 Å². The van der Waals surface area contributed by atoms with Crippen LogP contribution >= 0.6 is 0 Å². The molecule has 5 nitrogen and oxygen atoms in total. The van der Waals surface area contributed by atoms with Crippen LogP contribution in [0.25, 0.3) is 0 Å². The van der Waals surface area contributed by atoms with E-state index in [0.717, 1.165) is 65.3 Å². The lowest BCUT2D eigenvalue weighted by Crippen LogP contribution is -2.65. The van der Waals surface area contributed by atoms with E-state index in [4.69, 9.17) is 4.74 Å². The molecular weight excluding hydrogens is 350 g/mol. The molecule has 0 bridgehead atoms. The zero-order valence-electron chi connectivity index (χ0n) is 17.4. The first-order valence-corrected chi connectivity index (χ1v) is 10.9. The molecule has 154 valence electrons. The Hall–Kier alpha value is -1.43. The lowest BCUT2D eigenvalue weighted by molar-refractivity contribution is -0.136. The van der Waals surface area contributed by atoms with Crippen LogP contribution in [-0.2, 0) is 16.1 Å². The van der Waals surface area contributed by atoms with Crippen LogP contribution in [0.15, 0.2) is 30.3 Å². The summed E-state index contributed by atoms with van der Waals surface area (Å²) in [5.74, 6) is 0.851. The molecule has 1 spiro atoms. The lowest BCUT2D eigenvalue weighted by atomic mass is 9.70. The SMILES string of the molecule is CC(C)CNC(=O)C1CN(Cc2ccccc2)CC12CN(C1CCOCC1)C2. The molecule has 1 atom stereocenters. The number of benzene rings is 1. The molecule has 1 N–H and O–H groups in total.